The van der Waals surface area contributed by atoms with E-state index in [0.717, 1.165) is 28.1 Å². The minimum absolute atomic E-state index is 0.0189. The van der Waals surface area contributed by atoms with E-state index in [2.05, 4.69) is 16.4 Å². The fourth-order valence-corrected chi connectivity index (χ4v) is 4.97. The molecule has 5 rings (SSSR count). The number of nitrogens with one attached hydrogen (secondary N) is 1. The van der Waals surface area contributed by atoms with Crippen LogP contribution in [0.1, 0.15) is 42.8 Å². The van der Waals surface area contributed by atoms with E-state index in [1.807, 2.05) is 39.0 Å². The van der Waals surface area contributed by atoms with Gasteiger partial charge in [-0.1, -0.05) is 11.6 Å². The Kier molecular flexibility index (Phi) is 7.15. The van der Waals surface area contributed by atoms with Crippen molar-refractivity contribution in [2.24, 2.45) is 5.92 Å². The van der Waals surface area contributed by atoms with Crippen molar-refractivity contribution < 1.29 is 19.1 Å². The van der Waals surface area contributed by atoms with Crippen LogP contribution in [0.2, 0.25) is 0 Å². The molecule has 3 aromatic rings. The number of methoxy groups -OCH3 is 1. The SMILES string of the molecule is COCC(=O)N1CCC(NC(=O)n2c(C)cc3nc(C)nc(-c4cc(C)ccc4OCC4CC4)c32)CC1. The number of amides is 2. The van der Waals surface area contributed by atoms with E-state index in [9.17, 15) is 9.59 Å². The van der Waals surface area contributed by atoms with Gasteiger partial charge in [0.25, 0.3) is 0 Å². The predicted molar refractivity (Wildman–Crippen MR) is 141 cm³/mol. The highest BCUT2D eigenvalue weighted by atomic mass is 16.5. The maximum atomic E-state index is 13.6. The Bertz CT molecular complexity index is 1320. The standard InChI is InChI=1S/C28H35N5O4/c1-17-5-8-24(37-15-20-6-7-20)22(13-17)26-27-23(29-19(3)30-26)14-18(2)33(27)28(35)31-21-9-11-32(12-10-21)25(34)16-36-4/h5,8,13-14,20-21H,6-7,9-12,15-16H2,1-4H3,(H,31,35). The number of aromatic nitrogens is 3. The zero-order valence-corrected chi connectivity index (χ0v) is 22.0. The summed E-state index contributed by atoms with van der Waals surface area (Å²) in [5.74, 6) is 2.02. The van der Waals surface area contributed by atoms with Gasteiger partial charge in [0.2, 0.25) is 5.91 Å². The molecule has 1 saturated heterocycles. The third-order valence-corrected chi connectivity index (χ3v) is 7.15. The first-order valence-electron chi connectivity index (χ1n) is 13.0. The van der Waals surface area contributed by atoms with Crippen LogP contribution in [0.15, 0.2) is 24.3 Å². The second kappa shape index (κ2) is 10.5. The Labute approximate surface area is 217 Å². The molecule has 9 heteroatoms. The maximum Gasteiger partial charge on any atom is 0.326 e. The maximum absolute atomic E-state index is 13.6. The molecule has 196 valence electrons. The summed E-state index contributed by atoms with van der Waals surface area (Å²) in [5.41, 5.74) is 4.84. The van der Waals surface area contributed by atoms with Gasteiger partial charge in [0.1, 0.15) is 29.4 Å². The topological polar surface area (TPSA) is 98.6 Å². The third kappa shape index (κ3) is 5.46. The summed E-state index contributed by atoms with van der Waals surface area (Å²) in [5, 5.41) is 3.18. The van der Waals surface area contributed by atoms with Gasteiger partial charge in [0, 0.05) is 37.5 Å². The minimum atomic E-state index is -0.212. The molecule has 0 unspecified atom stereocenters. The highest BCUT2D eigenvalue weighted by Crippen LogP contribution is 2.37. The van der Waals surface area contributed by atoms with Gasteiger partial charge in [-0.25, -0.2) is 14.8 Å². The van der Waals surface area contributed by atoms with Gasteiger partial charge in [-0.15, -0.1) is 0 Å². The van der Waals surface area contributed by atoms with E-state index in [4.69, 9.17) is 14.5 Å². The first kappa shape index (κ1) is 25.2. The van der Waals surface area contributed by atoms with Crippen molar-refractivity contribution in [1.29, 1.82) is 0 Å². The van der Waals surface area contributed by atoms with Crippen molar-refractivity contribution in [2.45, 2.75) is 52.5 Å². The Balaban J connectivity index is 1.45. The van der Waals surface area contributed by atoms with Crippen LogP contribution >= 0.6 is 0 Å². The molecule has 0 bridgehead atoms. The molecular weight excluding hydrogens is 470 g/mol. The van der Waals surface area contributed by atoms with Crippen molar-refractivity contribution in [2.75, 3.05) is 33.4 Å². The zero-order chi connectivity index (χ0) is 26.1. The molecule has 1 saturated carbocycles. The summed E-state index contributed by atoms with van der Waals surface area (Å²) in [7, 11) is 1.52. The van der Waals surface area contributed by atoms with Crippen LogP contribution in [0.5, 0.6) is 5.75 Å². The summed E-state index contributed by atoms with van der Waals surface area (Å²) >= 11 is 0. The van der Waals surface area contributed by atoms with Gasteiger partial charge in [-0.05, 0) is 70.6 Å². The van der Waals surface area contributed by atoms with E-state index < -0.39 is 0 Å². The number of ether oxygens (including phenoxy) is 2. The first-order valence-corrected chi connectivity index (χ1v) is 13.0. The minimum Gasteiger partial charge on any atom is -0.493 e. The van der Waals surface area contributed by atoms with Crippen LogP contribution in [0.4, 0.5) is 4.79 Å². The van der Waals surface area contributed by atoms with Gasteiger partial charge >= 0.3 is 6.03 Å². The predicted octanol–water partition coefficient (Wildman–Crippen LogP) is 4.01. The molecule has 0 radical (unpaired) electrons. The van der Waals surface area contributed by atoms with Crippen molar-refractivity contribution >= 4 is 23.0 Å². The summed E-state index contributed by atoms with van der Waals surface area (Å²) < 4.78 is 12.9. The fraction of sp³-hybridized carbons (Fsp3) is 0.500. The van der Waals surface area contributed by atoms with E-state index in [-0.39, 0.29) is 24.6 Å². The van der Waals surface area contributed by atoms with Crippen LogP contribution in [0, 0.1) is 26.7 Å². The quantitative estimate of drug-likeness (QED) is 0.521. The number of likely N-dealkylation sites (tertiary alicyclic amines) is 1. The Morgan fingerprint density at radius 2 is 1.81 bits per heavy atom. The van der Waals surface area contributed by atoms with Crippen LogP contribution in [-0.2, 0) is 9.53 Å². The van der Waals surface area contributed by atoms with Crippen LogP contribution in [0.25, 0.3) is 22.3 Å². The lowest BCUT2D eigenvalue weighted by atomic mass is 10.1. The number of rotatable bonds is 7. The summed E-state index contributed by atoms with van der Waals surface area (Å²) in [4.78, 5) is 37.0. The van der Waals surface area contributed by atoms with Crippen molar-refractivity contribution in [1.82, 2.24) is 24.8 Å². The molecule has 0 spiro atoms. The molecule has 9 nitrogen and oxygen atoms in total. The van der Waals surface area contributed by atoms with Crippen LogP contribution in [-0.4, -0.2) is 70.8 Å². The molecule has 1 aliphatic heterocycles. The van der Waals surface area contributed by atoms with E-state index in [1.54, 1.807) is 9.47 Å². The molecular formula is C28H35N5O4. The number of carbonyl (C=O) groups excluding carboxylic acids is 2. The Morgan fingerprint density at radius 1 is 1.05 bits per heavy atom. The summed E-state index contributed by atoms with van der Waals surface area (Å²) in [6.45, 7) is 7.78. The van der Waals surface area contributed by atoms with Gasteiger partial charge in [0.15, 0.2) is 0 Å². The Morgan fingerprint density at radius 3 is 2.51 bits per heavy atom. The molecule has 2 amide bonds. The smallest absolute Gasteiger partial charge is 0.326 e. The molecule has 2 aromatic heterocycles. The normalized spacial score (nSPS) is 16.3. The number of hydrogen-bond donors (Lipinski definition) is 1. The summed E-state index contributed by atoms with van der Waals surface area (Å²) in [6, 6.07) is 7.80. The van der Waals surface area contributed by atoms with E-state index >= 15 is 0 Å². The van der Waals surface area contributed by atoms with Crippen LogP contribution in [0.3, 0.4) is 0 Å². The second-order valence-corrected chi connectivity index (χ2v) is 10.3. The van der Waals surface area contributed by atoms with Crippen molar-refractivity contribution in [3.05, 3.63) is 41.3 Å². The molecule has 2 aliphatic rings. The molecule has 37 heavy (non-hydrogen) atoms. The van der Waals surface area contributed by atoms with Crippen molar-refractivity contribution in [3.63, 3.8) is 0 Å². The highest BCUT2D eigenvalue weighted by molar-refractivity contribution is 5.99. The van der Waals surface area contributed by atoms with Gasteiger partial charge in [0.05, 0.1) is 12.1 Å². The number of carbonyl (C=O) groups is 2. The molecule has 0 atom stereocenters. The number of nitrogens with zero attached hydrogens (tertiary/aromatic N) is 4. The molecule has 3 heterocycles. The first-order chi connectivity index (χ1) is 17.8. The van der Waals surface area contributed by atoms with Gasteiger partial charge < -0.3 is 19.7 Å². The second-order valence-electron chi connectivity index (χ2n) is 10.3. The highest BCUT2D eigenvalue weighted by Gasteiger charge is 2.27. The lowest BCUT2D eigenvalue weighted by molar-refractivity contribution is -0.136. The van der Waals surface area contributed by atoms with Gasteiger partial charge in [-0.2, -0.15) is 0 Å². The number of aryl methyl sites for hydroxylation is 3. The lowest BCUT2D eigenvalue weighted by Gasteiger charge is -2.32. The monoisotopic (exact) mass is 505 g/mol. The van der Waals surface area contributed by atoms with E-state index in [0.29, 0.717) is 55.5 Å². The average Bonchev–Trinajstić information content (AvgIpc) is 3.63. The third-order valence-electron chi connectivity index (χ3n) is 7.15. The number of fused-ring (bicyclic) bond motifs is 1. The molecule has 2 fully saturated rings. The average molecular weight is 506 g/mol. The molecule has 1 aliphatic carbocycles. The fourth-order valence-electron chi connectivity index (χ4n) is 4.97. The largest absolute Gasteiger partial charge is 0.493 e. The van der Waals surface area contributed by atoms with Crippen molar-refractivity contribution in [3.8, 4) is 17.0 Å². The van der Waals surface area contributed by atoms with Crippen LogP contribution < -0.4 is 10.1 Å². The molecule has 1 N–H and O–H groups in total. The number of piperidine rings is 1. The number of hydrogen-bond acceptors (Lipinski definition) is 6. The van der Waals surface area contributed by atoms with Gasteiger partial charge in [-0.3, -0.25) is 9.36 Å². The lowest BCUT2D eigenvalue weighted by Crippen LogP contribution is -2.48. The van der Waals surface area contributed by atoms with E-state index in [1.165, 1.54) is 20.0 Å². The number of benzene rings is 1. The Hall–Kier alpha value is -3.46. The summed E-state index contributed by atoms with van der Waals surface area (Å²) in [6.07, 6.45) is 3.80. The zero-order valence-electron chi connectivity index (χ0n) is 22.0. The molecule has 1 aromatic carbocycles.